The Hall–Kier alpha value is -1.66. The molecular weight excluding hydrogens is 294 g/mol. The maximum atomic E-state index is 12.1. The predicted molar refractivity (Wildman–Crippen MR) is 83.0 cm³/mol. The second-order valence-electron chi connectivity index (χ2n) is 5.24. The highest BCUT2D eigenvalue weighted by atomic mass is 35.5. The van der Waals surface area contributed by atoms with E-state index in [9.17, 15) is 14.9 Å². The van der Waals surface area contributed by atoms with Crippen LogP contribution in [0.2, 0.25) is 0 Å². The van der Waals surface area contributed by atoms with E-state index < -0.39 is 4.92 Å². The number of rotatable bonds is 4. The van der Waals surface area contributed by atoms with E-state index in [0.717, 1.165) is 25.9 Å². The van der Waals surface area contributed by atoms with Gasteiger partial charge in [-0.25, -0.2) is 0 Å². The third-order valence-corrected chi connectivity index (χ3v) is 3.49. The number of halogens is 1. The van der Waals surface area contributed by atoms with Crippen LogP contribution in [-0.4, -0.2) is 30.5 Å². The summed E-state index contributed by atoms with van der Waals surface area (Å²) in [6.45, 7) is 4.30. The van der Waals surface area contributed by atoms with Gasteiger partial charge in [-0.05, 0) is 50.4 Å². The Labute approximate surface area is 129 Å². The van der Waals surface area contributed by atoms with E-state index in [1.165, 1.54) is 12.1 Å². The van der Waals surface area contributed by atoms with Gasteiger partial charge in [-0.3, -0.25) is 14.9 Å². The first-order valence-electron chi connectivity index (χ1n) is 6.81. The van der Waals surface area contributed by atoms with Crippen molar-refractivity contribution in [3.05, 3.63) is 39.4 Å². The molecule has 0 aromatic heterocycles. The average molecular weight is 314 g/mol. The van der Waals surface area contributed by atoms with Crippen LogP contribution in [0.4, 0.5) is 5.69 Å². The Balaban J connectivity index is 0.00000220. The Morgan fingerprint density at radius 3 is 2.86 bits per heavy atom. The minimum Gasteiger partial charge on any atom is -0.352 e. The first-order valence-corrected chi connectivity index (χ1v) is 6.81. The van der Waals surface area contributed by atoms with Crippen molar-refractivity contribution in [1.82, 2.24) is 10.6 Å². The summed E-state index contributed by atoms with van der Waals surface area (Å²) in [4.78, 5) is 22.4. The van der Waals surface area contributed by atoms with Gasteiger partial charge in [-0.15, -0.1) is 12.4 Å². The SMILES string of the molecule is Cc1cc(C(=O)NCC2CCCNC2)cc([N+](=O)[O-])c1.Cl. The van der Waals surface area contributed by atoms with Crippen LogP contribution in [-0.2, 0) is 0 Å². The fourth-order valence-corrected chi connectivity index (χ4v) is 2.44. The summed E-state index contributed by atoms with van der Waals surface area (Å²) in [6.07, 6.45) is 2.22. The Kier molecular flexibility index (Phi) is 6.58. The number of aryl methyl sites for hydroxylation is 1. The first kappa shape index (κ1) is 17.4. The molecule has 1 aliphatic rings. The lowest BCUT2D eigenvalue weighted by Gasteiger charge is -2.22. The normalized spacial score (nSPS) is 17.7. The topological polar surface area (TPSA) is 84.3 Å². The van der Waals surface area contributed by atoms with E-state index in [-0.39, 0.29) is 24.0 Å². The van der Waals surface area contributed by atoms with Gasteiger partial charge in [0.25, 0.3) is 11.6 Å². The molecule has 1 unspecified atom stereocenters. The summed E-state index contributed by atoms with van der Waals surface area (Å²) in [5, 5.41) is 17.0. The number of hydrogen-bond donors (Lipinski definition) is 2. The number of benzene rings is 1. The molecule has 116 valence electrons. The Morgan fingerprint density at radius 2 is 2.24 bits per heavy atom. The second-order valence-corrected chi connectivity index (χ2v) is 5.24. The third kappa shape index (κ3) is 4.99. The molecule has 1 aromatic rings. The summed E-state index contributed by atoms with van der Waals surface area (Å²) >= 11 is 0. The third-order valence-electron chi connectivity index (χ3n) is 3.49. The fraction of sp³-hybridized carbons (Fsp3) is 0.500. The van der Waals surface area contributed by atoms with Gasteiger partial charge in [0.1, 0.15) is 0 Å². The van der Waals surface area contributed by atoms with E-state index in [4.69, 9.17) is 0 Å². The molecule has 1 atom stereocenters. The van der Waals surface area contributed by atoms with Gasteiger partial charge in [0, 0.05) is 24.2 Å². The van der Waals surface area contributed by atoms with Crippen molar-refractivity contribution in [3.8, 4) is 0 Å². The molecule has 1 aromatic carbocycles. The highest BCUT2D eigenvalue weighted by Crippen LogP contribution is 2.17. The van der Waals surface area contributed by atoms with E-state index in [0.29, 0.717) is 23.6 Å². The van der Waals surface area contributed by atoms with Crippen molar-refractivity contribution < 1.29 is 9.72 Å². The minimum absolute atomic E-state index is 0. The van der Waals surface area contributed by atoms with E-state index >= 15 is 0 Å². The van der Waals surface area contributed by atoms with Crippen LogP contribution in [0.3, 0.4) is 0 Å². The Morgan fingerprint density at radius 1 is 1.48 bits per heavy atom. The molecule has 0 radical (unpaired) electrons. The molecule has 1 aliphatic heterocycles. The molecule has 7 heteroatoms. The van der Waals surface area contributed by atoms with Crippen molar-refractivity contribution >= 4 is 24.0 Å². The van der Waals surface area contributed by atoms with Crippen molar-refractivity contribution in [2.45, 2.75) is 19.8 Å². The first-order chi connectivity index (χ1) is 9.56. The van der Waals surface area contributed by atoms with Gasteiger partial charge in [0.2, 0.25) is 0 Å². The van der Waals surface area contributed by atoms with Crippen LogP contribution in [0.1, 0.15) is 28.8 Å². The summed E-state index contributed by atoms with van der Waals surface area (Å²) < 4.78 is 0. The highest BCUT2D eigenvalue weighted by molar-refractivity contribution is 5.95. The second kappa shape index (κ2) is 7.95. The fourth-order valence-electron chi connectivity index (χ4n) is 2.44. The van der Waals surface area contributed by atoms with Crippen LogP contribution in [0.25, 0.3) is 0 Å². The number of piperidine rings is 1. The molecule has 1 heterocycles. The van der Waals surface area contributed by atoms with Gasteiger partial charge in [0.15, 0.2) is 0 Å². The number of nitrogens with zero attached hydrogens (tertiary/aromatic N) is 1. The van der Waals surface area contributed by atoms with Gasteiger partial charge in [-0.1, -0.05) is 0 Å². The molecule has 21 heavy (non-hydrogen) atoms. The summed E-state index contributed by atoms with van der Waals surface area (Å²) in [5.41, 5.74) is 1.01. The summed E-state index contributed by atoms with van der Waals surface area (Å²) in [5.74, 6) is 0.190. The van der Waals surface area contributed by atoms with Crippen LogP contribution in [0, 0.1) is 23.0 Å². The lowest BCUT2D eigenvalue weighted by Crippen LogP contribution is -2.38. The molecule has 0 aliphatic carbocycles. The largest absolute Gasteiger partial charge is 0.352 e. The number of nitro benzene ring substituents is 1. The standard InChI is InChI=1S/C14H19N3O3.ClH/c1-10-5-12(7-13(6-10)17(19)20)14(18)16-9-11-3-2-4-15-8-11;/h5-7,11,15H,2-4,8-9H2,1H3,(H,16,18);1H. The number of nitro groups is 1. The minimum atomic E-state index is -0.477. The van der Waals surface area contributed by atoms with Crippen LogP contribution in [0.5, 0.6) is 0 Å². The molecule has 0 bridgehead atoms. The molecule has 1 saturated heterocycles. The van der Waals surface area contributed by atoms with Gasteiger partial charge in [-0.2, -0.15) is 0 Å². The maximum Gasteiger partial charge on any atom is 0.270 e. The smallest absolute Gasteiger partial charge is 0.270 e. The molecule has 6 nitrogen and oxygen atoms in total. The van der Waals surface area contributed by atoms with E-state index in [1.807, 2.05) is 0 Å². The molecule has 0 saturated carbocycles. The zero-order chi connectivity index (χ0) is 14.5. The van der Waals surface area contributed by atoms with Crippen molar-refractivity contribution in [3.63, 3.8) is 0 Å². The van der Waals surface area contributed by atoms with Crippen molar-refractivity contribution in [2.24, 2.45) is 5.92 Å². The van der Waals surface area contributed by atoms with Crippen LogP contribution >= 0.6 is 12.4 Å². The maximum absolute atomic E-state index is 12.1. The lowest BCUT2D eigenvalue weighted by atomic mass is 9.99. The van der Waals surface area contributed by atoms with Gasteiger partial charge < -0.3 is 10.6 Å². The quantitative estimate of drug-likeness (QED) is 0.658. The average Bonchev–Trinajstić information content (AvgIpc) is 2.45. The molecule has 2 rings (SSSR count). The lowest BCUT2D eigenvalue weighted by molar-refractivity contribution is -0.384. The Bertz CT molecular complexity index is 516. The molecule has 0 spiro atoms. The molecule has 1 fully saturated rings. The number of nitrogens with one attached hydrogen (secondary N) is 2. The van der Waals surface area contributed by atoms with Gasteiger partial charge in [0.05, 0.1) is 4.92 Å². The van der Waals surface area contributed by atoms with E-state index in [2.05, 4.69) is 10.6 Å². The molecular formula is C14H20ClN3O3. The number of hydrogen-bond acceptors (Lipinski definition) is 4. The van der Waals surface area contributed by atoms with E-state index in [1.54, 1.807) is 13.0 Å². The number of carbonyl (C=O) groups excluding carboxylic acids is 1. The van der Waals surface area contributed by atoms with Gasteiger partial charge >= 0.3 is 0 Å². The van der Waals surface area contributed by atoms with Crippen LogP contribution in [0.15, 0.2) is 18.2 Å². The molecule has 1 amide bonds. The molecule has 2 N–H and O–H groups in total. The van der Waals surface area contributed by atoms with Crippen molar-refractivity contribution in [1.29, 1.82) is 0 Å². The summed E-state index contributed by atoms with van der Waals surface area (Å²) in [6, 6.07) is 4.45. The number of amides is 1. The number of carbonyl (C=O) groups is 1. The van der Waals surface area contributed by atoms with Crippen LogP contribution < -0.4 is 10.6 Å². The number of non-ortho nitro benzene ring substituents is 1. The monoisotopic (exact) mass is 313 g/mol. The zero-order valence-corrected chi connectivity index (χ0v) is 12.7. The predicted octanol–water partition coefficient (Wildman–Crippen LogP) is 2.05. The van der Waals surface area contributed by atoms with Crippen molar-refractivity contribution in [2.75, 3.05) is 19.6 Å². The summed E-state index contributed by atoms with van der Waals surface area (Å²) in [7, 11) is 0. The zero-order valence-electron chi connectivity index (χ0n) is 11.9. The highest BCUT2D eigenvalue weighted by Gasteiger charge is 2.16.